The van der Waals surface area contributed by atoms with Gasteiger partial charge in [-0.1, -0.05) is 30.3 Å². The van der Waals surface area contributed by atoms with E-state index in [1.54, 1.807) is 0 Å². The minimum Gasteiger partial charge on any atom is -0.314 e. The van der Waals surface area contributed by atoms with Gasteiger partial charge in [-0.05, 0) is 12.6 Å². The van der Waals surface area contributed by atoms with Crippen LogP contribution in [0.5, 0.6) is 0 Å². The van der Waals surface area contributed by atoms with Crippen LogP contribution in [-0.2, 0) is 0 Å². The topological polar surface area (TPSA) is 15.3 Å². The fourth-order valence-corrected chi connectivity index (χ4v) is 1.85. The highest BCUT2D eigenvalue weighted by molar-refractivity contribution is 5.19. The molecule has 0 amide bonds. The highest BCUT2D eigenvalue weighted by Crippen LogP contribution is 2.19. The van der Waals surface area contributed by atoms with Gasteiger partial charge in [0.25, 0.3) is 0 Å². The van der Waals surface area contributed by atoms with Crippen LogP contribution in [0.2, 0.25) is 0 Å². The summed E-state index contributed by atoms with van der Waals surface area (Å²) in [5, 5.41) is 3.42. The molecule has 1 atom stereocenters. The van der Waals surface area contributed by atoms with Gasteiger partial charge in [0.1, 0.15) is 0 Å². The lowest BCUT2D eigenvalue weighted by atomic mass is 10.0. The van der Waals surface area contributed by atoms with E-state index in [1.165, 1.54) is 5.56 Å². The summed E-state index contributed by atoms with van der Waals surface area (Å²) in [6.45, 7) is 3.32. The average molecular weight is 178 g/mol. The number of benzene rings is 1. The molecule has 1 aromatic rings. The van der Waals surface area contributed by atoms with Gasteiger partial charge in [0, 0.05) is 27.1 Å². The molecule has 2 rings (SSSR count). The van der Waals surface area contributed by atoms with E-state index in [2.05, 4.69) is 47.6 Å². The summed E-state index contributed by atoms with van der Waals surface area (Å²) in [7, 11) is 2.19. The van der Waals surface area contributed by atoms with E-state index in [0.717, 1.165) is 19.6 Å². The summed E-state index contributed by atoms with van der Waals surface area (Å²) < 4.78 is 0. The van der Waals surface area contributed by atoms with Crippen LogP contribution in [-0.4, -0.2) is 31.6 Å². The fourth-order valence-electron chi connectivity index (χ4n) is 1.85. The van der Waals surface area contributed by atoms with E-state index in [9.17, 15) is 0 Å². The Morgan fingerprint density at radius 3 is 2.85 bits per heavy atom. The third-order valence-electron chi connectivity index (χ3n) is 2.70. The monoisotopic (exact) mass is 178 g/mol. The van der Waals surface area contributed by atoms with Crippen molar-refractivity contribution in [3.63, 3.8) is 0 Å². The first-order chi connectivity index (χ1) is 6.38. The summed E-state index contributed by atoms with van der Waals surface area (Å²) in [5.41, 5.74) is 1.41. The number of hydrogen-bond donors (Lipinski definition) is 1. The first-order valence-corrected chi connectivity index (χ1v) is 4.84. The van der Waals surface area contributed by atoms with Gasteiger partial charge < -0.3 is 5.32 Å². The SMILES string of the molecule is CN1CCNCC1c1ccccc1.[HH]. The zero-order valence-corrected chi connectivity index (χ0v) is 8.03. The summed E-state index contributed by atoms with van der Waals surface area (Å²) >= 11 is 0. The fraction of sp³-hybridized carbons (Fsp3) is 0.455. The minimum atomic E-state index is 0. The molecular formula is C11H18N2. The van der Waals surface area contributed by atoms with Crippen LogP contribution in [0.4, 0.5) is 0 Å². The molecule has 1 saturated heterocycles. The Bertz CT molecular complexity index is 263. The van der Waals surface area contributed by atoms with Crippen LogP contribution in [0.3, 0.4) is 0 Å². The third-order valence-corrected chi connectivity index (χ3v) is 2.70. The first kappa shape index (κ1) is 8.73. The van der Waals surface area contributed by atoms with E-state index in [-0.39, 0.29) is 1.43 Å². The van der Waals surface area contributed by atoms with Crippen molar-refractivity contribution in [2.45, 2.75) is 6.04 Å². The Hall–Kier alpha value is -0.860. The van der Waals surface area contributed by atoms with Crippen molar-refractivity contribution < 1.29 is 1.43 Å². The van der Waals surface area contributed by atoms with Crippen LogP contribution in [0.1, 0.15) is 13.0 Å². The minimum absolute atomic E-state index is 0. The Balaban J connectivity index is 0.000000980. The van der Waals surface area contributed by atoms with E-state index in [1.807, 2.05) is 0 Å². The Morgan fingerprint density at radius 2 is 2.15 bits per heavy atom. The molecule has 0 aliphatic carbocycles. The molecule has 1 unspecified atom stereocenters. The predicted molar refractivity (Wildman–Crippen MR) is 56.8 cm³/mol. The van der Waals surface area contributed by atoms with Crippen molar-refractivity contribution in [2.75, 3.05) is 26.7 Å². The van der Waals surface area contributed by atoms with Gasteiger partial charge in [-0.15, -0.1) is 0 Å². The van der Waals surface area contributed by atoms with Crippen LogP contribution in [0.15, 0.2) is 30.3 Å². The molecular weight excluding hydrogens is 160 g/mol. The molecule has 2 nitrogen and oxygen atoms in total. The molecule has 0 saturated carbocycles. The molecule has 1 fully saturated rings. The first-order valence-electron chi connectivity index (χ1n) is 4.84. The summed E-state index contributed by atoms with van der Waals surface area (Å²) in [4.78, 5) is 2.41. The summed E-state index contributed by atoms with van der Waals surface area (Å²) in [6.07, 6.45) is 0. The third kappa shape index (κ3) is 1.90. The number of nitrogens with one attached hydrogen (secondary N) is 1. The number of rotatable bonds is 1. The second-order valence-corrected chi connectivity index (χ2v) is 3.61. The lowest BCUT2D eigenvalue weighted by molar-refractivity contribution is 0.202. The van der Waals surface area contributed by atoms with Gasteiger partial charge in [0.05, 0.1) is 0 Å². The van der Waals surface area contributed by atoms with Crippen LogP contribution in [0.25, 0.3) is 0 Å². The molecule has 2 heteroatoms. The van der Waals surface area contributed by atoms with Gasteiger partial charge in [0.2, 0.25) is 0 Å². The number of nitrogens with zero attached hydrogens (tertiary/aromatic N) is 1. The molecule has 0 aromatic heterocycles. The van der Waals surface area contributed by atoms with Crippen LogP contribution in [0, 0.1) is 0 Å². The molecule has 0 radical (unpaired) electrons. The van der Waals surface area contributed by atoms with Gasteiger partial charge >= 0.3 is 0 Å². The zero-order valence-electron chi connectivity index (χ0n) is 8.03. The van der Waals surface area contributed by atoms with Crippen molar-refractivity contribution in [2.24, 2.45) is 0 Å². The van der Waals surface area contributed by atoms with Crippen molar-refractivity contribution in [3.05, 3.63) is 35.9 Å². The van der Waals surface area contributed by atoms with Crippen LogP contribution >= 0.6 is 0 Å². The molecule has 13 heavy (non-hydrogen) atoms. The van der Waals surface area contributed by atoms with Crippen molar-refractivity contribution in [1.82, 2.24) is 10.2 Å². The van der Waals surface area contributed by atoms with E-state index < -0.39 is 0 Å². The molecule has 0 spiro atoms. The van der Waals surface area contributed by atoms with Crippen LogP contribution < -0.4 is 5.32 Å². The molecule has 1 heterocycles. The number of likely N-dealkylation sites (N-methyl/N-ethyl adjacent to an activating group) is 1. The Morgan fingerprint density at radius 1 is 1.38 bits per heavy atom. The molecule has 72 valence electrons. The summed E-state index contributed by atoms with van der Waals surface area (Å²) in [5.74, 6) is 0. The largest absolute Gasteiger partial charge is 0.314 e. The molecule has 1 aromatic carbocycles. The zero-order chi connectivity index (χ0) is 9.10. The second kappa shape index (κ2) is 3.90. The van der Waals surface area contributed by atoms with E-state index in [4.69, 9.17) is 0 Å². The number of piperazine rings is 1. The Labute approximate surface area is 81.0 Å². The maximum Gasteiger partial charge on any atom is 0.0470 e. The molecule has 1 N–H and O–H groups in total. The van der Waals surface area contributed by atoms with Crippen molar-refractivity contribution >= 4 is 0 Å². The van der Waals surface area contributed by atoms with Gasteiger partial charge in [-0.2, -0.15) is 0 Å². The predicted octanol–water partition coefficient (Wildman–Crippen LogP) is 1.51. The Kier molecular flexibility index (Phi) is 2.62. The highest BCUT2D eigenvalue weighted by Gasteiger charge is 2.19. The maximum atomic E-state index is 3.42. The average Bonchev–Trinajstić information content (AvgIpc) is 2.20. The lowest BCUT2D eigenvalue weighted by Gasteiger charge is -2.33. The molecule has 0 bridgehead atoms. The summed E-state index contributed by atoms with van der Waals surface area (Å²) in [6, 6.07) is 11.2. The molecule has 1 aliphatic heterocycles. The number of hydrogen-bond acceptors (Lipinski definition) is 2. The van der Waals surface area contributed by atoms with Gasteiger partial charge in [-0.25, -0.2) is 0 Å². The van der Waals surface area contributed by atoms with Gasteiger partial charge in [-0.3, -0.25) is 4.90 Å². The normalized spacial score (nSPS) is 24.5. The quantitative estimate of drug-likeness (QED) is 0.701. The smallest absolute Gasteiger partial charge is 0.0470 e. The second-order valence-electron chi connectivity index (χ2n) is 3.61. The maximum absolute atomic E-state index is 3.42. The highest BCUT2D eigenvalue weighted by atomic mass is 15.2. The van der Waals surface area contributed by atoms with Crippen molar-refractivity contribution in [1.29, 1.82) is 0 Å². The van der Waals surface area contributed by atoms with Crippen molar-refractivity contribution in [3.8, 4) is 0 Å². The standard InChI is InChI=1S/C11H16N2.H2/c1-13-8-7-12-9-11(13)10-5-3-2-4-6-10;/h2-6,11-12H,7-9H2,1H3;1H. The van der Waals surface area contributed by atoms with Gasteiger partial charge in [0.15, 0.2) is 0 Å². The molecule has 1 aliphatic rings. The van der Waals surface area contributed by atoms with E-state index >= 15 is 0 Å². The lowest BCUT2D eigenvalue weighted by Crippen LogP contribution is -2.43. The van der Waals surface area contributed by atoms with E-state index in [0.29, 0.717) is 6.04 Å².